The molecule has 20 heavy (non-hydrogen) atoms. The molecule has 0 atom stereocenters. The summed E-state index contributed by atoms with van der Waals surface area (Å²) < 4.78 is 1.90. The Morgan fingerprint density at radius 2 is 2.15 bits per heavy atom. The van der Waals surface area contributed by atoms with Crippen LogP contribution in [0.1, 0.15) is 19.0 Å². The number of nitrogens with one attached hydrogen (secondary N) is 1. The van der Waals surface area contributed by atoms with E-state index in [1.54, 1.807) is 6.20 Å². The van der Waals surface area contributed by atoms with Gasteiger partial charge in [-0.05, 0) is 46.2 Å². The Balaban J connectivity index is 2.43. The number of aryl methyl sites for hydroxylation is 1. The van der Waals surface area contributed by atoms with Gasteiger partial charge in [0.15, 0.2) is 5.11 Å². The largest absolute Gasteiger partial charge is 0.363 e. The van der Waals surface area contributed by atoms with Crippen LogP contribution in [0.5, 0.6) is 0 Å². The molecule has 0 aliphatic rings. The highest BCUT2D eigenvalue weighted by atomic mass is 35.5. The third-order valence-electron chi connectivity index (χ3n) is 2.99. The predicted molar refractivity (Wildman–Crippen MR) is 88.1 cm³/mol. The van der Waals surface area contributed by atoms with Crippen LogP contribution in [0.2, 0.25) is 5.02 Å². The lowest BCUT2D eigenvalue weighted by Crippen LogP contribution is -2.38. The fourth-order valence-corrected chi connectivity index (χ4v) is 2.21. The van der Waals surface area contributed by atoms with Gasteiger partial charge in [0.25, 0.3) is 0 Å². The van der Waals surface area contributed by atoms with E-state index < -0.39 is 0 Å². The van der Waals surface area contributed by atoms with Crippen molar-refractivity contribution in [2.45, 2.75) is 26.4 Å². The number of hydrogen-bond donors (Lipinski definition) is 1. The van der Waals surface area contributed by atoms with Crippen molar-refractivity contribution in [2.24, 2.45) is 0 Å². The van der Waals surface area contributed by atoms with Crippen molar-refractivity contribution in [3.8, 4) is 0 Å². The van der Waals surface area contributed by atoms with Crippen molar-refractivity contribution in [3.05, 3.63) is 16.9 Å². The SMILES string of the molecule is CCn1ncc(Cl)c1CN(C)C(=S)NCCCN(C)C. The highest BCUT2D eigenvalue weighted by Crippen LogP contribution is 2.16. The van der Waals surface area contributed by atoms with Crippen LogP contribution < -0.4 is 5.32 Å². The summed E-state index contributed by atoms with van der Waals surface area (Å²) >= 11 is 11.5. The van der Waals surface area contributed by atoms with Crippen LogP contribution in [0.25, 0.3) is 0 Å². The number of hydrogen-bond acceptors (Lipinski definition) is 3. The summed E-state index contributed by atoms with van der Waals surface area (Å²) in [6.45, 7) is 5.44. The highest BCUT2D eigenvalue weighted by Gasteiger charge is 2.12. The van der Waals surface area contributed by atoms with E-state index in [0.29, 0.717) is 11.6 Å². The van der Waals surface area contributed by atoms with E-state index in [0.717, 1.165) is 36.9 Å². The molecule has 0 spiro atoms. The number of nitrogens with zero attached hydrogens (tertiary/aromatic N) is 4. The summed E-state index contributed by atoms with van der Waals surface area (Å²) in [6, 6.07) is 0. The Labute approximate surface area is 131 Å². The molecule has 5 nitrogen and oxygen atoms in total. The van der Waals surface area contributed by atoms with E-state index in [4.69, 9.17) is 23.8 Å². The van der Waals surface area contributed by atoms with Gasteiger partial charge in [-0.1, -0.05) is 11.6 Å². The number of rotatable bonds is 7. The summed E-state index contributed by atoms with van der Waals surface area (Å²) in [6.07, 6.45) is 2.75. The van der Waals surface area contributed by atoms with Crippen molar-refractivity contribution in [1.29, 1.82) is 0 Å². The summed E-state index contributed by atoms with van der Waals surface area (Å²) in [5.41, 5.74) is 0.995. The summed E-state index contributed by atoms with van der Waals surface area (Å²) in [7, 11) is 6.10. The lowest BCUT2D eigenvalue weighted by molar-refractivity contribution is 0.396. The molecule has 114 valence electrons. The second-order valence-electron chi connectivity index (χ2n) is 5.00. The van der Waals surface area contributed by atoms with Gasteiger partial charge in [0.1, 0.15) is 0 Å². The maximum Gasteiger partial charge on any atom is 0.169 e. The van der Waals surface area contributed by atoms with Gasteiger partial charge in [0.2, 0.25) is 0 Å². The molecular formula is C13H24ClN5S. The molecule has 1 rings (SSSR count). The number of aromatic nitrogens is 2. The monoisotopic (exact) mass is 317 g/mol. The predicted octanol–water partition coefficient (Wildman–Crippen LogP) is 1.81. The zero-order valence-corrected chi connectivity index (χ0v) is 14.3. The molecular weight excluding hydrogens is 294 g/mol. The number of halogens is 1. The Morgan fingerprint density at radius 1 is 1.45 bits per heavy atom. The molecule has 1 N–H and O–H groups in total. The van der Waals surface area contributed by atoms with Gasteiger partial charge in [-0.3, -0.25) is 4.68 Å². The van der Waals surface area contributed by atoms with E-state index >= 15 is 0 Å². The lowest BCUT2D eigenvalue weighted by atomic mass is 10.4. The second kappa shape index (κ2) is 8.44. The van der Waals surface area contributed by atoms with E-state index in [1.807, 2.05) is 23.6 Å². The van der Waals surface area contributed by atoms with Gasteiger partial charge in [0, 0.05) is 20.1 Å². The Kier molecular flexibility index (Phi) is 7.26. The lowest BCUT2D eigenvalue weighted by Gasteiger charge is -2.22. The van der Waals surface area contributed by atoms with Crippen molar-refractivity contribution in [2.75, 3.05) is 34.2 Å². The Hall–Kier alpha value is -0.850. The quantitative estimate of drug-likeness (QED) is 0.613. The maximum atomic E-state index is 6.15. The van der Waals surface area contributed by atoms with Gasteiger partial charge in [0.05, 0.1) is 23.5 Å². The molecule has 1 aromatic heterocycles. The van der Waals surface area contributed by atoms with E-state index in [1.165, 1.54) is 0 Å². The van der Waals surface area contributed by atoms with Crippen molar-refractivity contribution >= 4 is 28.9 Å². The van der Waals surface area contributed by atoms with E-state index in [-0.39, 0.29) is 0 Å². The van der Waals surface area contributed by atoms with Crippen LogP contribution in [-0.2, 0) is 13.1 Å². The third-order valence-corrected chi connectivity index (χ3v) is 3.76. The molecule has 0 amide bonds. The van der Waals surface area contributed by atoms with Gasteiger partial charge in [-0.15, -0.1) is 0 Å². The zero-order chi connectivity index (χ0) is 15.1. The van der Waals surface area contributed by atoms with Crippen LogP contribution in [0, 0.1) is 0 Å². The fraction of sp³-hybridized carbons (Fsp3) is 0.692. The fourth-order valence-electron chi connectivity index (χ4n) is 1.84. The molecule has 0 bridgehead atoms. The summed E-state index contributed by atoms with van der Waals surface area (Å²) in [5, 5.41) is 8.92. The smallest absolute Gasteiger partial charge is 0.169 e. The highest BCUT2D eigenvalue weighted by molar-refractivity contribution is 7.80. The average Bonchev–Trinajstić information content (AvgIpc) is 2.75. The molecule has 0 unspecified atom stereocenters. The molecule has 0 saturated heterocycles. The first-order valence-corrected chi connectivity index (χ1v) is 7.58. The molecule has 0 fully saturated rings. The zero-order valence-electron chi connectivity index (χ0n) is 12.7. The van der Waals surface area contributed by atoms with E-state index in [9.17, 15) is 0 Å². The molecule has 0 aromatic carbocycles. The Bertz CT molecular complexity index is 432. The minimum Gasteiger partial charge on any atom is -0.363 e. The van der Waals surface area contributed by atoms with Crippen molar-refractivity contribution in [3.63, 3.8) is 0 Å². The van der Waals surface area contributed by atoms with Crippen LogP contribution in [0.15, 0.2) is 6.20 Å². The van der Waals surface area contributed by atoms with E-state index in [2.05, 4.69) is 29.4 Å². The molecule has 7 heteroatoms. The van der Waals surface area contributed by atoms with Gasteiger partial charge >= 0.3 is 0 Å². The maximum absolute atomic E-state index is 6.15. The molecule has 1 heterocycles. The standard InChI is InChI=1S/C13H24ClN5S/c1-5-19-12(11(14)9-16-19)10-18(4)13(20)15-7-6-8-17(2)3/h9H,5-8,10H2,1-4H3,(H,15,20). The van der Waals surface area contributed by atoms with Crippen LogP contribution >= 0.6 is 23.8 Å². The molecule has 0 aliphatic heterocycles. The van der Waals surface area contributed by atoms with Crippen molar-refractivity contribution in [1.82, 2.24) is 24.9 Å². The number of thiocarbonyl (C=S) groups is 1. The second-order valence-corrected chi connectivity index (χ2v) is 5.79. The van der Waals surface area contributed by atoms with Gasteiger partial charge < -0.3 is 15.1 Å². The minimum absolute atomic E-state index is 0.659. The van der Waals surface area contributed by atoms with Gasteiger partial charge in [-0.25, -0.2) is 0 Å². The van der Waals surface area contributed by atoms with Crippen LogP contribution in [0.4, 0.5) is 0 Å². The summed E-state index contributed by atoms with van der Waals surface area (Å²) in [4.78, 5) is 4.15. The van der Waals surface area contributed by atoms with Gasteiger partial charge in [-0.2, -0.15) is 5.10 Å². The van der Waals surface area contributed by atoms with Crippen LogP contribution in [0.3, 0.4) is 0 Å². The normalized spacial score (nSPS) is 10.9. The summed E-state index contributed by atoms with van der Waals surface area (Å²) in [5.74, 6) is 0. The first-order chi connectivity index (χ1) is 9.45. The Morgan fingerprint density at radius 3 is 2.75 bits per heavy atom. The third kappa shape index (κ3) is 5.26. The first kappa shape index (κ1) is 17.2. The van der Waals surface area contributed by atoms with Crippen LogP contribution in [-0.4, -0.2) is 58.9 Å². The molecule has 0 radical (unpaired) electrons. The molecule has 0 saturated carbocycles. The minimum atomic E-state index is 0.659. The molecule has 0 aliphatic carbocycles. The first-order valence-electron chi connectivity index (χ1n) is 6.79. The van der Waals surface area contributed by atoms with Crippen molar-refractivity contribution < 1.29 is 0 Å². The average molecular weight is 318 g/mol. The topological polar surface area (TPSA) is 36.3 Å². The molecule has 1 aromatic rings.